The van der Waals surface area contributed by atoms with Gasteiger partial charge in [-0.15, -0.1) is 0 Å². The Kier molecular flexibility index (Phi) is 5.58. The predicted octanol–water partition coefficient (Wildman–Crippen LogP) is 2.80. The monoisotopic (exact) mass is 449 g/mol. The number of anilines is 1. The highest BCUT2D eigenvalue weighted by Crippen LogP contribution is 2.28. The summed E-state index contributed by atoms with van der Waals surface area (Å²) in [5.41, 5.74) is 0.350. The number of methoxy groups -OCH3 is 1. The Labute approximate surface area is 147 Å². The summed E-state index contributed by atoms with van der Waals surface area (Å²) in [4.78, 5) is 11.5. The van der Waals surface area contributed by atoms with Crippen molar-refractivity contribution < 1.29 is 22.3 Å². The number of hydrogen-bond acceptors (Lipinski definition) is 4. The average molecular weight is 449 g/mol. The van der Waals surface area contributed by atoms with Crippen LogP contribution in [0, 0.1) is 9.39 Å². The van der Waals surface area contributed by atoms with Gasteiger partial charge >= 0.3 is 5.97 Å². The molecule has 0 aliphatic heterocycles. The van der Waals surface area contributed by atoms with Crippen molar-refractivity contribution in [3.63, 3.8) is 0 Å². The Balaban J connectivity index is 2.54. The molecule has 0 spiro atoms. The van der Waals surface area contributed by atoms with Crippen molar-refractivity contribution in [1.82, 2.24) is 0 Å². The molecule has 0 saturated heterocycles. The van der Waals surface area contributed by atoms with Crippen molar-refractivity contribution in [2.75, 3.05) is 18.0 Å². The Hall–Kier alpha value is -1.68. The van der Waals surface area contributed by atoms with Gasteiger partial charge in [-0.25, -0.2) is 12.8 Å². The van der Waals surface area contributed by atoms with Gasteiger partial charge in [-0.3, -0.25) is 9.10 Å². The lowest BCUT2D eigenvalue weighted by Gasteiger charge is -2.24. The van der Waals surface area contributed by atoms with Crippen LogP contribution in [0.5, 0.6) is 0 Å². The van der Waals surface area contributed by atoms with Crippen LogP contribution >= 0.6 is 22.6 Å². The Bertz CT molecular complexity index is 808. The van der Waals surface area contributed by atoms with E-state index >= 15 is 0 Å². The molecule has 0 unspecified atom stereocenters. The molecule has 122 valence electrons. The van der Waals surface area contributed by atoms with Crippen LogP contribution in [0.15, 0.2) is 53.4 Å². The first-order valence-electron chi connectivity index (χ1n) is 6.46. The van der Waals surface area contributed by atoms with E-state index in [2.05, 4.69) is 4.74 Å². The number of sulfonamides is 1. The number of nitrogens with zero attached hydrogens (tertiary/aromatic N) is 1. The minimum Gasteiger partial charge on any atom is -0.468 e. The van der Waals surface area contributed by atoms with E-state index in [0.29, 0.717) is 9.26 Å². The molecule has 0 aliphatic rings. The van der Waals surface area contributed by atoms with Gasteiger partial charge in [0.1, 0.15) is 12.4 Å². The number of halogens is 2. The van der Waals surface area contributed by atoms with E-state index in [9.17, 15) is 17.6 Å². The lowest BCUT2D eigenvalue weighted by molar-refractivity contribution is -0.138. The summed E-state index contributed by atoms with van der Waals surface area (Å²) >= 11 is 1.98. The highest BCUT2D eigenvalue weighted by Gasteiger charge is 2.28. The molecule has 0 N–H and O–H groups in total. The predicted molar refractivity (Wildman–Crippen MR) is 92.1 cm³/mol. The van der Waals surface area contributed by atoms with Crippen molar-refractivity contribution in [2.24, 2.45) is 0 Å². The number of carbonyl (C=O) groups excluding carboxylic acids is 1. The largest absolute Gasteiger partial charge is 0.468 e. The fourth-order valence-electron chi connectivity index (χ4n) is 1.87. The molecule has 0 aromatic heterocycles. The maximum Gasteiger partial charge on any atom is 0.326 e. The summed E-state index contributed by atoms with van der Waals surface area (Å²) in [5.74, 6) is -1.24. The zero-order valence-electron chi connectivity index (χ0n) is 12.1. The first-order valence-corrected chi connectivity index (χ1v) is 8.98. The van der Waals surface area contributed by atoms with Crippen molar-refractivity contribution in [1.29, 1.82) is 0 Å². The maximum absolute atomic E-state index is 13.0. The molecule has 0 heterocycles. The SMILES string of the molecule is COC(=O)CN(c1ccccc1I)S(=O)(=O)c1ccc(F)cc1. The fraction of sp³-hybridized carbons (Fsp3) is 0.133. The molecule has 0 bridgehead atoms. The minimum absolute atomic E-state index is 0.109. The first kappa shape index (κ1) is 17.7. The highest BCUT2D eigenvalue weighted by atomic mass is 127. The molecule has 0 atom stereocenters. The smallest absolute Gasteiger partial charge is 0.326 e. The number of esters is 1. The number of hydrogen-bond donors (Lipinski definition) is 0. The van der Waals surface area contributed by atoms with E-state index in [1.807, 2.05) is 22.6 Å². The standard InChI is InChI=1S/C15H13FINO4S/c1-22-15(19)10-18(14-5-3-2-4-13(14)17)23(20,21)12-8-6-11(16)7-9-12/h2-9H,10H2,1H3. The molecule has 0 saturated carbocycles. The number of para-hydroxylation sites is 1. The van der Waals surface area contributed by atoms with Crippen LogP contribution in [0.4, 0.5) is 10.1 Å². The van der Waals surface area contributed by atoms with Gasteiger partial charge in [0.2, 0.25) is 0 Å². The number of benzene rings is 2. The molecule has 23 heavy (non-hydrogen) atoms. The van der Waals surface area contributed by atoms with Gasteiger partial charge in [0.25, 0.3) is 10.0 Å². The number of ether oxygens (including phenoxy) is 1. The van der Waals surface area contributed by atoms with Gasteiger partial charge in [-0.2, -0.15) is 0 Å². The third-order valence-electron chi connectivity index (χ3n) is 3.02. The van der Waals surface area contributed by atoms with E-state index in [0.717, 1.165) is 28.6 Å². The van der Waals surface area contributed by atoms with Gasteiger partial charge in [0.05, 0.1) is 17.7 Å². The zero-order valence-corrected chi connectivity index (χ0v) is 15.0. The van der Waals surface area contributed by atoms with E-state index in [-0.39, 0.29) is 4.90 Å². The Morgan fingerprint density at radius 2 is 1.78 bits per heavy atom. The van der Waals surface area contributed by atoms with Gasteiger partial charge in [-0.05, 0) is 59.0 Å². The van der Waals surface area contributed by atoms with Crippen LogP contribution in [0.25, 0.3) is 0 Å². The molecular formula is C15H13FINO4S. The molecule has 0 radical (unpaired) electrons. The molecule has 0 aliphatic carbocycles. The number of rotatable bonds is 5. The van der Waals surface area contributed by atoms with Crippen LogP contribution in [0.3, 0.4) is 0 Å². The zero-order chi connectivity index (χ0) is 17.0. The van der Waals surface area contributed by atoms with Crippen molar-refractivity contribution >= 4 is 44.3 Å². The normalized spacial score (nSPS) is 11.1. The lowest BCUT2D eigenvalue weighted by Crippen LogP contribution is -2.36. The summed E-state index contributed by atoms with van der Waals surface area (Å²) in [5, 5.41) is 0. The lowest BCUT2D eigenvalue weighted by atomic mass is 10.3. The first-order chi connectivity index (χ1) is 10.9. The summed E-state index contributed by atoms with van der Waals surface area (Å²) in [6.45, 7) is -0.476. The number of carbonyl (C=O) groups is 1. The minimum atomic E-state index is -4.04. The quantitative estimate of drug-likeness (QED) is 0.521. The molecule has 0 amide bonds. The maximum atomic E-state index is 13.0. The van der Waals surface area contributed by atoms with Crippen LogP contribution in [0.2, 0.25) is 0 Å². The Morgan fingerprint density at radius 1 is 1.17 bits per heavy atom. The molecule has 8 heteroatoms. The van der Waals surface area contributed by atoms with Gasteiger partial charge in [0.15, 0.2) is 0 Å². The molecule has 2 aromatic rings. The topological polar surface area (TPSA) is 63.7 Å². The van der Waals surface area contributed by atoms with Crippen molar-refractivity contribution in [3.8, 4) is 0 Å². The van der Waals surface area contributed by atoms with E-state index in [1.165, 1.54) is 7.11 Å². The van der Waals surface area contributed by atoms with Crippen LogP contribution in [0.1, 0.15) is 0 Å². The molecule has 2 aromatic carbocycles. The van der Waals surface area contributed by atoms with E-state index in [4.69, 9.17) is 0 Å². The van der Waals surface area contributed by atoms with Gasteiger partial charge < -0.3 is 4.74 Å². The van der Waals surface area contributed by atoms with Crippen molar-refractivity contribution in [2.45, 2.75) is 4.90 Å². The summed E-state index contributed by atoms with van der Waals surface area (Å²) in [6.07, 6.45) is 0. The van der Waals surface area contributed by atoms with Crippen molar-refractivity contribution in [3.05, 3.63) is 57.9 Å². The third kappa shape index (κ3) is 3.99. The molecule has 5 nitrogen and oxygen atoms in total. The summed E-state index contributed by atoms with van der Waals surface area (Å²) < 4.78 is 44.9. The summed E-state index contributed by atoms with van der Waals surface area (Å²) in [6, 6.07) is 11.2. The highest BCUT2D eigenvalue weighted by molar-refractivity contribution is 14.1. The fourth-order valence-corrected chi connectivity index (χ4v) is 4.14. The van der Waals surface area contributed by atoms with E-state index in [1.54, 1.807) is 24.3 Å². The Morgan fingerprint density at radius 3 is 2.35 bits per heavy atom. The average Bonchev–Trinajstić information content (AvgIpc) is 2.53. The second-order valence-corrected chi connectivity index (χ2v) is 7.52. The van der Waals surface area contributed by atoms with Crippen LogP contribution in [-0.4, -0.2) is 28.0 Å². The third-order valence-corrected chi connectivity index (χ3v) is 5.71. The second kappa shape index (κ2) is 7.26. The van der Waals surface area contributed by atoms with E-state index < -0.39 is 28.4 Å². The van der Waals surface area contributed by atoms with Crippen LogP contribution < -0.4 is 4.31 Å². The molecule has 2 rings (SSSR count). The summed E-state index contributed by atoms with van der Waals surface area (Å²) in [7, 11) is -2.86. The molecule has 0 fully saturated rings. The second-order valence-electron chi connectivity index (χ2n) is 4.49. The van der Waals surface area contributed by atoms with Gasteiger partial charge in [0, 0.05) is 3.57 Å². The van der Waals surface area contributed by atoms with Gasteiger partial charge in [-0.1, -0.05) is 12.1 Å². The molecular weight excluding hydrogens is 436 g/mol. The van der Waals surface area contributed by atoms with Crippen LogP contribution in [-0.2, 0) is 19.6 Å².